The second kappa shape index (κ2) is 5.18. The molecule has 0 fully saturated rings. The van der Waals surface area contributed by atoms with Crippen LogP contribution in [0, 0.1) is 0 Å². The van der Waals surface area contributed by atoms with Gasteiger partial charge in [-0.2, -0.15) is 0 Å². The highest BCUT2D eigenvalue weighted by Gasteiger charge is 2.17. The summed E-state index contributed by atoms with van der Waals surface area (Å²) >= 11 is 13.0. The average Bonchev–Trinajstić information content (AvgIpc) is 2.82. The lowest BCUT2D eigenvalue weighted by molar-refractivity contribution is 0.0695. The first-order chi connectivity index (χ1) is 9.97. The van der Waals surface area contributed by atoms with Crippen LogP contribution >= 0.6 is 34.5 Å². The number of benzene rings is 1. The van der Waals surface area contributed by atoms with Gasteiger partial charge in [0, 0.05) is 16.9 Å². The van der Waals surface area contributed by atoms with Crippen molar-refractivity contribution in [2.45, 2.75) is 0 Å². The van der Waals surface area contributed by atoms with Gasteiger partial charge in [-0.25, -0.2) is 4.79 Å². The number of pyridine rings is 1. The third-order valence-electron chi connectivity index (χ3n) is 2.98. The SMILES string of the molecule is O=C(O)c1cn(-c2ccc(Cl)cc2)c2sc(Cl)cc2c1=O. The molecule has 0 aliphatic rings. The standard InChI is InChI=1S/C14H7Cl2NO3S/c15-7-1-3-8(4-2-7)17-6-10(14(19)20)12(18)9-5-11(16)21-13(9)17/h1-6H,(H,19,20). The molecule has 0 spiro atoms. The summed E-state index contributed by atoms with van der Waals surface area (Å²) in [6.07, 6.45) is 1.31. The monoisotopic (exact) mass is 339 g/mol. The number of aromatic carboxylic acids is 1. The highest BCUT2D eigenvalue weighted by atomic mass is 35.5. The molecule has 0 aliphatic heterocycles. The smallest absolute Gasteiger partial charge is 0.341 e. The largest absolute Gasteiger partial charge is 0.477 e. The molecule has 0 aliphatic carbocycles. The van der Waals surface area contributed by atoms with E-state index < -0.39 is 11.4 Å². The van der Waals surface area contributed by atoms with E-state index >= 15 is 0 Å². The molecular weight excluding hydrogens is 333 g/mol. The molecule has 0 radical (unpaired) electrons. The fourth-order valence-electron chi connectivity index (χ4n) is 2.03. The number of halogens is 2. The van der Waals surface area contributed by atoms with Gasteiger partial charge < -0.3 is 9.67 Å². The summed E-state index contributed by atoms with van der Waals surface area (Å²) in [5.41, 5.74) is -0.136. The molecule has 106 valence electrons. The quantitative estimate of drug-likeness (QED) is 0.765. The maximum atomic E-state index is 12.2. The average molecular weight is 340 g/mol. The van der Waals surface area contributed by atoms with Crippen LogP contribution in [0.5, 0.6) is 0 Å². The van der Waals surface area contributed by atoms with Crippen molar-refractivity contribution in [1.82, 2.24) is 4.57 Å². The summed E-state index contributed by atoms with van der Waals surface area (Å²) in [7, 11) is 0. The van der Waals surface area contributed by atoms with Gasteiger partial charge in [-0.15, -0.1) is 11.3 Å². The van der Waals surface area contributed by atoms with Crippen LogP contribution in [0.4, 0.5) is 0 Å². The molecular formula is C14H7Cl2NO3S. The number of fused-ring (bicyclic) bond motifs is 1. The molecule has 0 saturated carbocycles. The minimum absolute atomic E-state index is 0.292. The third-order valence-corrected chi connectivity index (χ3v) is 4.50. The molecule has 3 aromatic rings. The maximum absolute atomic E-state index is 12.2. The van der Waals surface area contributed by atoms with Crippen molar-refractivity contribution in [3.8, 4) is 5.69 Å². The number of rotatable bonds is 2. The van der Waals surface area contributed by atoms with Gasteiger partial charge in [0.25, 0.3) is 0 Å². The summed E-state index contributed by atoms with van der Waals surface area (Å²) < 4.78 is 2.06. The van der Waals surface area contributed by atoms with E-state index in [-0.39, 0.29) is 5.56 Å². The zero-order valence-corrected chi connectivity index (χ0v) is 12.7. The van der Waals surface area contributed by atoms with Crippen LogP contribution in [0.3, 0.4) is 0 Å². The zero-order valence-electron chi connectivity index (χ0n) is 10.3. The summed E-state index contributed by atoms with van der Waals surface area (Å²) in [6.45, 7) is 0. The number of aromatic nitrogens is 1. The fraction of sp³-hybridized carbons (Fsp3) is 0. The Labute approximate surface area is 132 Å². The summed E-state index contributed by atoms with van der Waals surface area (Å²) in [5, 5.41) is 10.0. The van der Waals surface area contributed by atoms with Crippen LogP contribution in [0.1, 0.15) is 10.4 Å². The van der Waals surface area contributed by atoms with E-state index in [2.05, 4.69) is 0 Å². The molecule has 2 heterocycles. The van der Waals surface area contributed by atoms with E-state index in [9.17, 15) is 14.7 Å². The Morgan fingerprint density at radius 2 is 1.86 bits per heavy atom. The van der Waals surface area contributed by atoms with E-state index in [1.165, 1.54) is 23.6 Å². The predicted octanol–water partition coefficient (Wildman–Crippen LogP) is 4.06. The van der Waals surface area contributed by atoms with E-state index in [1.807, 2.05) is 0 Å². The number of nitrogens with zero attached hydrogens (tertiary/aromatic N) is 1. The van der Waals surface area contributed by atoms with Crippen LogP contribution in [-0.4, -0.2) is 15.6 Å². The minimum atomic E-state index is -1.27. The van der Waals surface area contributed by atoms with Crippen molar-refractivity contribution in [2.75, 3.05) is 0 Å². The summed E-state index contributed by atoms with van der Waals surface area (Å²) in [4.78, 5) is 24.0. The molecule has 0 atom stereocenters. The van der Waals surface area contributed by atoms with Crippen LogP contribution in [0.2, 0.25) is 9.36 Å². The van der Waals surface area contributed by atoms with Crippen LogP contribution in [0.15, 0.2) is 41.3 Å². The van der Waals surface area contributed by atoms with Crippen LogP contribution in [0.25, 0.3) is 15.9 Å². The van der Waals surface area contributed by atoms with Gasteiger partial charge in [0.2, 0.25) is 5.43 Å². The number of thiophene rings is 1. The minimum Gasteiger partial charge on any atom is -0.477 e. The molecule has 0 bridgehead atoms. The van der Waals surface area contributed by atoms with Gasteiger partial charge in [-0.05, 0) is 30.3 Å². The lowest BCUT2D eigenvalue weighted by atomic mass is 10.2. The van der Waals surface area contributed by atoms with Crippen molar-refractivity contribution in [3.63, 3.8) is 0 Å². The number of carboxylic acids is 1. The maximum Gasteiger partial charge on any atom is 0.341 e. The van der Waals surface area contributed by atoms with Crippen LogP contribution < -0.4 is 5.43 Å². The Bertz CT molecular complexity index is 912. The fourth-order valence-corrected chi connectivity index (χ4v) is 3.36. The normalized spacial score (nSPS) is 11.0. The van der Waals surface area contributed by atoms with Gasteiger partial charge >= 0.3 is 5.97 Å². The first-order valence-electron chi connectivity index (χ1n) is 5.81. The van der Waals surface area contributed by atoms with Gasteiger partial charge in [-0.1, -0.05) is 23.2 Å². The molecule has 3 rings (SSSR count). The van der Waals surface area contributed by atoms with E-state index in [0.717, 1.165) is 0 Å². The third kappa shape index (κ3) is 2.44. The Balaban J connectivity index is 2.40. The summed E-state index contributed by atoms with van der Waals surface area (Å²) in [6, 6.07) is 8.35. The number of carboxylic acid groups (broad SMARTS) is 1. The number of hydrogen-bond donors (Lipinski definition) is 1. The number of hydrogen-bond acceptors (Lipinski definition) is 3. The number of carbonyl (C=O) groups is 1. The van der Waals surface area contributed by atoms with Gasteiger partial charge in [0.05, 0.1) is 9.72 Å². The van der Waals surface area contributed by atoms with Gasteiger partial charge in [0.15, 0.2) is 0 Å². The molecule has 7 heteroatoms. The molecule has 1 N–H and O–H groups in total. The van der Waals surface area contributed by atoms with Crippen LogP contribution in [-0.2, 0) is 0 Å². The molecule has 21 heavy (non-hydrogen) atoms. The van der Waals surface area contributed by atoms with Gasteiger partial charge in [-0.3, -0.25) is 4.79 Å². The second-order valence-corrected chi connectivity index (χ2v) is 6.39. The lowest BCUT2D eigenvalue weighted by Gasteiger charge is -2.09. The van der Waals surface area contributed by atoms with Crippen molar-refractivity contribution in [1.29, 1.82) is 0 Å². The highest BCUT2D eigenvalue weighted by Crippen LogP contribution is 2.30. The first kappa shape index (κ1) is 14.1. The first-order valence-corrected chi connectivity index (χ1v) is 7.38. The van der Waals surface area contributed by atoms with Crippen molar-refractivity contribution < 1.29 is 9.90 Å². The van der Waals surface area contributed by atoms with E-state index in [0.29, 0.717) is 25.3 Å². The zero-order chi connectivity index (χ0) is 15.1. The Hall–Kier alpha value is -1.82. The van der Waals surface area contributed by atoms with Crippen molar-refractivity contribution in [2.24, 2.45) is 0 Å². The topological polar surface area (TPSA) is 59.3 Å². The highest BCUT2D eigenvalue weighted by molar-refractivity contribution is 7.22. The second-order valence-electron chi connectivity index (χ2n) is 4.29. The molecule has 1 aromatic carbocycles. The lowest BCUT2D eigenvalue weighted by Crippen LogP contribution is -2.17. The Morgan fingerprint density at radius 1 is 1.19 bits per heavy atom. The van der Waals surface area contributed by atoms with E-state index in [4.69, 9.17) is 23.2 Å². The molecule has 0 saturated heterocycles. The molecule has 4 nitrogen and oxygen atoms in total. The van der Waals surface area contributed by atoms with Crippen molar-refractivity contribution in [3.05, 3.63) is 61.7 Å². The Kier molecular flexibility index (Phi) is 3.49. The Morgan fingerprint density at radius 3 is 2.48 bits per heavy atom. The van der Waals surface area contributed by atoms with Crippen molar-refractivity contribution >= 4 is 50.7 Å². The molecule has 0 amide bonds. The predicted molar refractivity (Wildman–Crippen MR) is 84.4 cm³/mol. The summed E-state index contributed by atoms with van der Waals surface area (Å²) in [5.74, 6) is -1.27. The molecule has 2 aromatic heterocycles. The van der Waals surface area contributed by atoms with Gasteiger partial charge in [0.1, 0.15) is 10.4 Å². The molecule has 0 unspecified atom stereocenters. The van der Waals surface area contributed by atoms with E-state index in [1.54, 1.807) is 28.8 Å².